The van der Waals surface area contributed by atoms with E-state index in [1.807, 2.05) is 0 Å². The van der Waals surface area contributed by atoms with Crippen molar-refractivity contribution in [3.05, 3.63) is 29.8 Å². The summed E-state index contributed by atoms with van der Waals surface area (Å²) in [6.07, 6.45) is 1.03. The van der Waals surface area contributed by atoms with Crippen molar-refractivity contribution in [1.82, 2.24) is 10.2 Å². The summed E-state index contributed by atoms with van der Waals surface area (Å²) in [7, 11) is 0. The van der Waals surface area contributed by atoms with Gasteiger partial charge in [0.15, 0.2) is 0 Å². The summed E-state index contributed by atoms with van der Waals surface area (Å²) in [4.78, 5) is 26.0. The minimum Gasteiger partial charge on any atom is -0.379 e. The number of morpholine rings is 1. The van der Waals surface area contributed by atoms with E-state index in [2.05, 4.69) is 29.4 Å². The van der Waals surface area contributed by atoms with Crippen LogP contribution < -0.4 is 10.6 Å². The molecule has 1 saturated heterocycles. The third kappa shape index (κ3) is 6.48. The second kappa shape index (κ2) is 9.53. The lowest BCUT2D eigenvalue weighted by atomic mass is 10.0. The van der Waals surface area contributed by atoms with Crippen molar-refractivity contribution in [3.63, 3.8) is 0 Å². The lowest BCUT2D eigenvalue weighted by Gasteiger charge is -2.35. The standard InChI is InChI=1S/C19H29N3O3/c1-14(2)11-18(22-7-9-25-10-8-22)13-20-19(24)16-5-4-6-17(12-16)21-15(3)23/h4-6,12,14,18H,7-11,13H2,1-3H3,(H,20,24)(H,21,23). The number of hydrogen-bond acceptors (Lipinski definition) is 4. The van der Waals surface area contributed by atoms with Crippen LogP contribution in [-0.4, -0.2) is 55.6 Å². The number of ether oxygens (including phenoxy) is 1. The van der Waals surface area contributed by atoms with Gasteiger partial charge in [-0.3, -0.25) is 14.5 Å². The molecule has 0 aromatic heterocycles. The summed E-state index contributed by atoms with van der Waals surface area (Å²) in [5.41, 5.74) is 1.18. The molecule has 0 aliphatic carbocycles. The van der Waals surface area contributed by atoms with E-state index in [0.717, 1.165) is 32.7 Å². The predicted molar refractivity (Wildman–Crippen MR) is 98.7 cm³/mol. The first-order valence-electron chi connectivity index (χ1n) is 8.93. The van der Waals surface area contributed by atoms with Gasteiger partial charge in [0.1, 0.15) is 0 Å². The van der Waals surface area contributed by atoms with Crippen LogP contribution in [0.1, 0.15) is 37.6 Å². The van der Waals surface area contributed by atoms with Gasteiger partial charge in [0.05, 0.1) is 13.2 Å². The zero-order valence-corrected chi connectivity index (χ0v) is 15.4. The lowest BCUT2D eigenvalue weighted by Crippen LogP contribution is -2.49. The Kier molecular flexibility index (Phi) is 7.40. The molecule has 0 bridgehead atoms. The number of amides is 2. The largest absolute Gasteiger partial charge is 0.379 e. The number of hydrogen-bond donors (Lipinski definition) is 2. The number of nitrogens with zero attached hydrogens (tertiary/aromatic N) is 1. The Morgan fingerprint density at radius 1 is 1.24 bits per heavy atom. The molecule has 1 unspecified atom stereocenters. The molecule has 1 aliphatic heterocycles. The van der Waals surface area contributed by atoms with Crippen molar-refractivity contribution in [2.45, 2.75) is 33.2 Å². The minimum absolute atomic E-state index is 0.116. The third-order valence-corrected chi connectivity index (χ3v) is 4.25. The summed E-state index contributed by atoms with van der Waals surface area (Å²) in [6, 6.07) is 7.31. The third-order valence-electron chi connectivity index (χ3n) is 4.25. The molecule has 1 atom stereocenters. The van der Waals surface area contributed by atoms with Crippen molar-refractivity contribution in [3.8, 4) is 0 Å². The van der Waals surface area contributed by atoms with Crippen molar-refractivity contribution in [2.24, 2.45) is 5.92 Å². The van der Waals surface area contributed by atoms with Gasteiger partial charge in [-0.15, -0.1) is 0 Å². The smallest absolute Gasteiger partial charge is 0.251 e. The molecule has 6 heteroatoms. The first kappa shape index (κ1) is 19.4. The van der Waals surface area contributed by atoms with Crippen LogP contribution in [0.4, 0.5) is 5.69 Å². The Morgan fingerprint density at radius 2 is 1.96 bits per heavy atom. The normalized spacial score (nSPS) is 16.5. The zero-order chi connectivity index (χ0) is 18.2. The van der Waals surface area contributed by atoms with Crippen LogP contribution in [-0.2, 0) is 9.53 Å². The topological polar surface area (TPSA) is 70.7 Å². The second-order valence-electron chi connectivity index (χ2n) is 6.90. The predicted octanol–water partition coefficient (Wildman–Crippen LogP) is 2.12. The highest BCUT2D eigenvalue weighted by atomic mass is 16.5. The molecular formula is C19H29N3O3. The van der Waals surface area contributed by atoms with Crippen molar-refractivity contribution >= 4 is 17.5 Å². The van der Waals surface area contributed by atoms with E-state index >= 15 is 0 Å². The summed E-state index contributed by atoms with van der Waals surface area (Å²) < 4.78 is 5.43. The van der Waals surface area contributed by atoms with Crippen LogP contribution in [0.3, 0.4) is 0 Å². The van der Waals surface area contributed by atoms with Crippen LogP contribution >= 0.6 is 0 Å². The average Bonchev–Trinajstić information content (AvgIpc) is 2.58. The maximum atomic E-state index is 12.5. The highest BCUT2D eigenvalue weighted by Gasteiger charge is 2.22. The van der Waals surface area contributed by atoms with Gasteiger partial charge >= 0.3 is 0 Å². The monoisotopic (exact) mass is 347 g/mol. The number of rotatable bonds is 7. The van der Waals surface area contributed by atoms with E-state index < -0.39 is 0 Å². The Morgan fingerprint density at radius 3 is 2.60 bits per heavy atom. The molecule has 1 heterocycles. The van der Waals surface area contributed by atoms with Gasteiger partial charge in [0.2, 0.25) is 5.91 Å². The summed E-state index contributed by atoms with van der Waals surface area (Å²) in [5.74, 6) is 0.295. The van der Waals surface area contributed by atoms with Crippen LogP contribution in [0.25, 0.3) is 0 Å². The van der Waals surface area contributed by atoms with Gasteiger partial charge in [0, 0.05) is 43.9 Å². The Balaban J connectivity index is 1.96. The maximum Gasteiger partial charge on any atom is 0.251 e. The highest BCUT2D eigenvalue weighted by molar-refractivity contribution is 5.96. The van der Waals surface area contributed by atoms with E-state index in [1.165, 1.54) is 6.92 Å². The molecule has 1 aromatic carbocycles. The molecule has 2 amide bonds. The molecule has 25 heavy (non-hydrogen) atoms. The maximum absolute atomic E-state index is 12.5. The van der Waals surface area contributed by atoms with Crippen molar-refractivity contribution in [1.29, 1.82) is 0 Å². The fourth-order valence-electron chi connectivity index (χ4n) is 3.10. The molecule has 0 spiro atoms. The molecule has 2 N–H and O–H groups in total. The van der Waals surface area contributed by atoms with Gasteiger partial charge in [-0.05, 0) is 30.5 Å². The van der Waals surface area contributed by atoms with Crippen LogP contribution in [0.5, 0.6) is 0 Å². The average molecular weight is 347 g/mol. The lowest BCUT2D eigenvalue weighted by molar-refractivity contribution is -0.114. The van der Waals surface area contributed by atoms with E-state index in [4.69, 9.17) is 4.74 Å². The second-order valence-corrected chi connectivity index (χ2v) is 6.90. The molecular weight excluding hydrogens is 318 g/mol. The van der Waals surface area contributed by atoms with Crippen molar-refractivity contribution in [2.75, 3.05) is 38.2 Å². The van der Waals surface area contributed by atoms with Gasteiger partial charge in [-0.1, -0.05) is 19.9 Å². The van der Waals surface area contributed by atoms with E-state index in [1.54, 1.807) is 24.3 Å². The van der Waals surface area contributed by atoms with Gasteiger partial charge < -0.3 is 15.4 Å². The molecule has 0 radical (unpaired) electrons. The van der Waals surface area contributed by atoms with Gasteiger partial charge in [-0.25, -0.2) is 0 Å². The fourth-order valence-corrected chi connectivity index (χ4v) is 3.10. The zero-order valence-electron chi connectivity index (χ0n) is 15.4. The van der Waals surface area contributed by atoms with Crippen LogP contribution in [0.15, 0.2) is 24.3 Å². The molecule has 1 fully saturated rings. The van der Waals surface area contributed by atoms with Crippen molar-refractivity contribution < 1.29 is 14.3 Å². The van der Waals surface area contributed by atoms with Gasteiger partial charge in [-0.2, -0.15) is 0 Å². The molecule has 1 aliphatic rings. The Bertz CT molecular complexity index is 583. The summed E-state index contributed by atoms with van der Waals surface area (Å²) >= 11 is 0. The van der Waals surface area contributed by atoms with Crippen LogP contribution in [0.2, 0.25) is 0 Å². The number of anilines is 1. The number of benzene rings is 1. The first-order valence-corrected chi connectivity index (χ1v) is 8.93. The summed E-state index contributed by atoms with van der Waals surface area (Å²) in [5, 5.41) is 5.75. The quantitative estimate of drug-likeness (QED) is 0.793. The van der Waals surface area contributed by atoms with Gasteiger partial charge in [0.25, 0.3) is 5.91 Å². The van der Waals surface area contributed by atoms with E-state index in [9.17, 15) is 9.59 Å². The molecule has 0 saturated carbocycles. The van der Waals surface area contributed by atoms with Crippen LogP contribution in [0, 0.1) is 5.92 Å². The van der Waals surface area contributed by atoms with E-state index in [-0.39, 0.29) is 11.8 Å². The molecule has 6 nitrogen and oxygen atoms in total. The number of carbonyl (C=O) groups excluding carboxylic acids is 2. The Labute approximate surface area is 149 Å². The molecule has 138 valence electrons. The first-order chi connectivity index (χ1) is 12.0. The fraction of sp³-hybridized carbons (Fsp3) is 0.579. The Hall–Kier alpha value is -1.92. The minimum atomic E-state index is -0.151. The highest BCUT2D eigenvalue weighted by Crippen LogP contribution is 2.14. The summed E-state index contributed by atoms with van der Waals surface area (Å²) in [6.45, 7) is 9.78. The SMILES string of the molecule is CC(=O)Nc1cccc(C(=O)NCC(CC(C)C)N2CCOCC2)c1. The number of nitrogens with one attached hydrogen (secondary N) is 2. The molecule has 1 aromatic rings. The van der Waals surface area contributed by atoms with E-state index in [0.29, 0.717) is 29.8 Å². The molecule has 2 rings (SSSR count). The number of carbonyl (C=O) groups is 2.